The monoisotopic (exact) mass is 680 g/mol. The average Bonchev–Trinajstić information content (AvgIpc) is 3.95. The van der Waals surface area contributed by atoms with Crippen molar-refractivity contribution in [2.75, 3.05) is 4.90 Å². The standard InChI is InChI=1S/C48H28N2OS/c1-5-13-42-34(9-1)40-25-30(26-41-35-10-2-6-14-43(35)50(42)48(40)41)29-17-19-31(20-18-29)49(32-22-24-47-39(27-32)38-12-4-8-16-46(38)52-47)33-21-23-37-36-11-3-7-15-44(36)51-45(37)28-33/h1-28H. The third kappa shape index (κ3) is 3.90. The van der Waals surface area contributed by atoms with Crippen LogP contribution in [-0.2, 0) is 0 Å². The predicted octanol–water partition coefficient (Wildman–Crippen LogP) is 14.2. The lowest BCUT2D eigenvalue weighted by atomic mass is 9.99. The molecule has 0 aliphatic carbocycles. The molecule has 4 heterocycles. The number of hydrogen-bond donors (Lipinski definition) is 0. The molecule has 0 saturated heterocycles. The number of rotatable bonds is 4. The number of furan rings is 1. The smallest absolute Gasteiger partial charge is 0.137 e. The Morgan fingerprint density at radius 1 is 0.385 bits per heavy atom. The van der Waals surface area contributed by atoms with Crippen LogP contribution < -0.4 is 4.90 Å². The third-order valence-corrected chi connectivity index (χ3v) is 12.1. The third-order valence-electron chi connectivity index (χ3n) is 10.9. The van der Waals surface area contributed by atoms with Crippen LogP contribution in [0.3, 0.4) is 0 Å². The first kappa shape index (κ1) is 28.1. The fourth-order valence-electron chi connectivity index (χ4n) is 8.57. The fourth-order valence-corrected chi connectivity index (χ4v) is 9.66. The van der Waals surface area contributed by atoms with E-state index in [2.05, 4.69) is 167 Å². The summed E-state index contributed by atoms with van der Waals surface area (Å²) in [6.07, 6.45) is 0. The minimum Gasteiger partial charge on any atom is -0.456 e. The number of aromatic nitrogens is 1. The number of hydrogen-bond acceptors (Lipinski definition) is 3. The maximum absolute atomic E-state index is 6.39. The summed E-state index contributed by atoms with van der Waals surface area (Å²) in [5, 5.41) is 9.98. The molecular formula is C48H28N2OS. The largest absolute Gasteiger partial charge is 0.456 e. The summed E-state index contributed by atoms with van der Waals surface area (Å²) in [6, 6.07) is 61.8. The number of thiophene rings is 1. The van der Waals surface area contributed by atoms with Crippen molar-refractivity contribution in [2.45, 2.75) is 0 Å². The Balaban J connectivity index is 1.04. The van der Waals surface area contributed by atoms with Crippen molar-refractivity contribution in [1.29, 1.82) is 0 Å². The van der Waals surface area contributed by atoms with Crippen molar-refractivity contribution in [1.82, 2.24) is 4.40 Å². The Kier molecular flexibility index (Phi) is 5.65. The van der Waals surface area contributed by atoms with Crippen LogP contribution in [0.4, 0.5) is 17.1 Å². The average molecular weight is 681 g/mol. The van der Waals surface area contributed by atoms with E-state index in [1.165, 1.54) is 69.4 Å². The topological polar surface area (TPSA) is 20.8 Å². The molecule has 0 unspecified atom stereocenters. The summed E-state index contributed by atoms with van der Waals surface area (Å²) in [6.45, 7) is 0. The molecule has 4 heteroatoms. The first-order valence-corrected chi connectivity index (χ1v) is 18.5. The molecule has 52 heavy (non-hydrogen) atoms. The SMILES string of the molecule is c1ccc2c(c1)oc1cc(N(c3ccc(-c4cc5c6ccccc6n6c7ccccc7c(c4)c56)cc3)c3ccc4sc5ccccc5c4c3)ccc12. The molecule has 0 saturated carbocycles. The highest BCUT2D eigenvalue weighted by Gasteiger charge is 2.20. The highest BCUT2D eigenvalue weighted by Crippen LogP contribution is 2.44. The molecule has 0 amide bonds. The highest BCUT2D eigenvalue weighted by molar-refractivity contribution is 7.25. The van der Waals surface area contributed by atoms with E-state index in [4.69, 9.17) is 4.42 Å². The first-order chi connectivity index (χ1) is 25.8. The van der Waals surface area contributed by atoms with Gasteiger partial charge >= 0.3 is 0 Å². The number of nitrogens with zero attached hydrogens (tertiary/aromatic N) is 2. The van der Waals surface area contributed by atoms with Gasteiger partial charge in [-0.2, -0.15) is 0 Å². The van der Waals surface area contributed by atoms with Crippen LogP contribution in [0.1, 0.15) is 0 Å². The molecule has 0 atom stereocenters. The van der Waals surface area contributed by atoms with Crippen molar-refractivity contribution in [2.24, 2.45) is 0 Å². The second-order valence-corrected chi connectivity index (χ2v) is 14.8. The lowest BCUT2D eigenvalue weighted by Gasteiger charge is -2.26. The van der Waals surface area contributed by atoms with E-state index in [1.807, 2.05) is 23.5 Å². The van der Waals surface area contributed by atoms with Crippen molar-refractivity contribution in [3.63, 3.8) is 0 Å². The van der Waals surface area contributed by atoms with Gasteiger partial charge in [0.2, 0.25) is 0 Å². The van der Waals surface area contributed by atoms with E-state index >= 15 is 0 Å². The van der Waals surface area contributed by atoms with Gasteiger partial charge in [0.05, 0.1) is 16.6 Å². The summed E-state index contributed by atoms with van der Waals surface area (Å²) in [4.78, 5) is 2.36. The number of anilines is 3. The summed E-state index contributed by atoms with van der Waals surface area (Å²) in [5.74, 6) is 0. The van der Waals surface area contributed by atoms with Crippen molar-refractivity contribution >= 4 is 109 Å². The quantitative estimate of drug-likeness (QED) is 0.184. The van der Waals surface area contributed by atoms with E-state index < -0.39 is 0 Å². The lowest BCUT2D eigenvalue weighted by Crippen LogP contribution is -2.09. The Bertz CT molecular complexity index is 3280. The molecule has 0 aliphatic rings. The van der Waals surface area contributed by atoms with Crippen molar-refractivity contribution in [3.05, 3.63) is 170 Å². The van der Waals surface area contributed by atoms with E-state index in [0.717, 1.165) is 39.0 Å². The second kappa shape index (κ2) is 10.5. The van der Waals surface area contributed by atoms with Gasteiger partial charge in [0.15, 0.2) is 0 Å². The molecule has 12 rings (SSSR count). The summed E-state index contributed by atoms with van der Waals surface area (Å²) in [5.41, 5.74) is 11.3. The van der Waals surface area contributed by atoms with Crippen LogP contribution >= 0.6 is 11.3 Å². The van der Waals surface area contributed by atoms with Crippen LogP contribution in [0.5, 0.6) is 0 Å². The zero-order valence-corrected chi connectivity index (χ0v) is 28.7. The molecule has 8 aromatic carbocycles. The van der Waals surface area contributed by atoms with Gasteiger partial charge in [0.25, 0.3) is 0 Å². The van der Waals surface area contributed by atoms with E-state index in [0.29, 0.717) is 0 Å². The molecule has 242 valence electrons. The molecule has 0 fully saturated rings. The predicted molar refractivity (Wildman–Crippen MR) is 221 cm³/mol. The molecule has 0 bridgehead atoms. The maximum Gasteiger partial charge on any atom is 0.137 e. The van der Waals surface area contributed by atoms with Crippen LogP contribution in [0.2, 0.25) is 0 Å². The van der Waals surface area contributed by atoms with Gasteiger partial charge in [-0.25, -0.2) is 0 Å². The van der Waals surface area contributed by atoms with Gasteiger partial charge < -0.3 is 13.7 Å². The molecule has 0 radical (unpaired) electrons. The summed E-state index contributed by atoms with van der Waals surface area (Å²) >= 11 is 1.85. The van der Waals surface area contributed by atoms with Crippen molar-refractivity contribution in [3.8, 4) is 11.1 Å². The Labute approximate surface area is 302 Å². The number of benzene rings is 8. The molecule has 0 aliphatic heterocycles. The van der Waals surface area contributed by atoms with Gasteiger partial charge in [-0.1, -0.05) is 84.9 Å². The Morgan fingerprint density at radius 2 is 0.962 bits per heavy atom. The first-order valence-electron chi connectivity index (χ1n) is 17.7. The van der Waals surface area contributed by atoms with Crippen LogP contribution in [0.15, 0.2) is 174 Å². The maximum atomic E-state index is 6.39. The van der Waals surface area contributed by atoms with Gasteiger partial charge in [-0.05, 0) is 90.0 Å². The van der Waals surface area contributed by atoms with E-state index in [-0.39, 0.29) is 0 Å². The summed E-state index contributed by atoms with van der Waals surface area (Å²) < 4.78 is 11.4. The highest BCUT2D eigenvalue weighted by atomic mass is 32.1. The molecular weight excluding hydrogens is 653 g/mol. The molecule has 0 spiro atoms. The number of fused-ring (bicyclic) bond motifs is 12. The van der Waals surface area contributed by atoms with Gasteiger partial charge in [0, 0.05) is 75.6 Å². The van der Waals surface area contributed by atoms with Crippen LogP contribution in [-0.4, -0.2) is 4.40 Å². The van der Waals surface area contributed by atoms with E-state index in [1.54, 1.807) is 0 Å². The van der Waals surface area contributed by atoms with E-state index in [9.17, 15) is 0 Å². The molecule has 12 aromatic rings. The van der Waals surface area contributed by atoms with Gasteiger partial charge in [-0.3, -0.25) is 0 Å². The second-order valence-electron chi connectivity index (χ2n) is 13.7. The zero-order valence-electron chi connectivity index (χ0n) is 27.9. The van der Waals surface area contributed by atoms with Crippen molar-refractivity contribution < 1.29 is 4.42 Å². The van der Waals surface area contributed by atoms with Crippen LogP contribution in [0.25, 0.3) is 91.3 Å². The molecule has 0 N–H and O–H groups in total. The lowest BCUT2D eigenvalue weighted by molar-refractivity contribution is 0.669. The van der Waals surface area contributed by atoms with Gasteiger partial charge in [0.1, 0.15) is 11.2 Å². The normalized spacial score (nSPS) is 12.2. The summed E-state index contributed by atoms with van der Waals surface area (Å²) in [7, 11) is 0. The molecule has 3 nitrogen and oxygen atoms in total. The molecule has 4 aromatic heterocycles. The fraction of sp³-hybridized carbons (Fsp3) is 0. The Hall–Kier alpha value is -6.62. The van der Waals surface area contributed by atoms with Crippen LogP contribution in [0, 0.1) is 0 Å². The minimum absolute atomic E-state index is 0.883. The number of para-hydroxylation sites is 3. The van der Waals surface area contributed by atoms with Gasteiger partial charge in [-0.15, -0.1) is 11.3 Å². The zero-order chi connectivity index (χ0) is 33.9. The minimum atomic E-state index is 0.883. The Morgan fingerprint density at radius 3 is 1.73 bits per heavy atom.